The number of nitrogens with zero attached hydrogens (tertiary/aromatic N) is 2. The summed E-state index contributed by atoms with van der Waals surface area (Å²) in [5.41, 5.74) is 2.17. The zero-order chi connectivity index (χ0) is 16.3. The Morgan fingerprint density at radius 2 is 1.91 bits per heavy atom. The molecule has 0 fully saturated rings. The molecule has 3 nitrogen and oxygen atoms in total. The van der Waals surface area contributed by atoms with E-state index in [0.29, 0.717) is 5.01 Å². The molecule has 0 bridgehead atoms. The van der Waals surface area contributed by atoms with Crippen molar-refractivity contribution in [3.8, 4) is 10.6 Å². The van der Waals surface area contributed by atoms with Crippen molar-refractivity contribution in [2.75, 3.05) is 13.6 Å². The highest BCUT2D eigenvalue weighted by atomic mass is 32.1. The number of halogens is 3. The molecular formula is C15H15F3N2OS. The summed E-state index contributed by atoms with van der Waals surface area (Å²) in [6, 6.07) is 7.67. The quantitative estimate of drug-likeness (QED) is 0.845. The Bertz CT molecular complexity index is 650. The lowest BCUT2D eigenvalue weighted by Crippen LogP contribution is -2.30. The van der Waals surface area contributed by atoms with Crippen LogP contribution in [0, 0.1) is 6.92 Å². The Morgan fingerprint density at radius 3 is 2.50 bits per heavy atom. The van der Waals surface area contributed by atoms with Crippen LogP contribution < -0.4 is 0 Å². The smallest absolute Gasteiger partial charge is 0.340 e. The fourth-order valence-electron chi connectivity index (χ4n) is 1.79. The standard InChI is InChI=1S/C15H15F3N2OS/c1-10-3-5-11(6-4-10)13-19-12(9-22-13)14(21)20(2)8-7-15(16,17)18/h3-6,9H,7-8H2,1-2H3. The molecule has 0 aliphatic heterocycles. The Hall–Kier alpha value is -1.89. The Morgan fingerprint density at radius 1 is 1.27 bits per heavy atom. The van der Waals surface area contributed by atoms with E-state index in [1.165, 1.54) is 18.4 Å². The van der Waals surface area contributed by atoms with Gasteiger partial charge in [-0.25, -0.2) is 4.98 Å². The maximum Gasteiger partial charge on any atom is 0.390 e. The van der Waals surface area contributed by atoms with Crippen LogP contribution in [0.2, 0.25) is 0 Å². The Kier molecular flexibility index (Phi) is 4.85. The average Bonchev–Trinajstić information content (AvgIpc) is 2.93. The van der Waals surface area contributed by atoms with Gasteiger partial charge < -0.3 is 4.90 Å². The molecule has 2 aromatic rings. The molecule has 1 aromatic carbocycles. The van der Waals surface area contributed by atoms with E-state index in [0.717, 1.165) is 16.0 Å². The third-order valence-electron chi connectivity index (χ3n) is 3.10. The van der Waals surface area contributed by atoms with Gasteiger partial charge in [-0.1, -0.05) is 29.8 Å². The van der Waals surface area contributed by atoms with Gasteiger partial charge in [0.25, 0.3) is 5.91 Å². The van der Waals surface area contributed by atoms with Crippen molar-refractivity contribution in [1.82, 2.24) is 9.88 Å². The first-order valence-electron chi connectivity index (χ1n) is 6.61. The van der Waals surface area contributed by atoms with Crippen molar-refractivity contribution in [2.45, 2.75) is 19.5 Å². The maximum atomic E-state index is 12.2. The first-order chi connectivity index (χ1) is 10.3. The molecule has 1 aromatic heterocycles. The Balaban J connectivity index is 2.07. The van der Waals surface area contributed by atoms with Gasteiger partial charge in [-0.15, -0.1) is 11.3 Å². The number of rotatable bonds is 4. The third kappa shape index (κ3) is 4.30. The second-order valence-corrected chi connectivity index (χ2v) is 5.85. The molecule has 118 valence electrons. The van der Waals surface area contributed by atoms with Gasteiger partial charge in [-0.2, -0.15) is 13.2 Å². The average molecular weight is 328 g/mol. The van der Waals surface area contributed by atoms with Crippen LogP contribution in [-0.2, 0) is 0 Å². The highest BCUT2D eigenvalue weighted by Gasteiger charge is 2.28. The topological polar surface area (TPSA) is 33.2 Å². The minimum Gasteiger partial charge on any atom is -0.340 e. The van der Waals surface area contributed by atoms with Crippen molar-refractivity contribution in [3.63, 3.8) is 0 Å². The van der Waals surface area contributed by atoms with E-state index < -0.39 is 18.5 Å². The summed E-state index contributed by atoms with van der Waals surface area (Å²) >= 11 is 1.30. The molecule has 0 aliphatic rings. The summed E-state index contributed by atoms with van der Waals surface area (Å²) in [4.78, 5) is 17.3. The Labute approximate surface area is 130 Å². The van der Waals surface area contributed by atoms with E-state index in [1.807, 2.05) is 31.2 Å². The van der Waals surface area contributed by atoms with Gasteiger partial charge in [0.2, 0.25) is 0 Å². The number of amides is 1. The number of thiazole rings is 1. The van der Waals surface area contributed by atoms with Gasteiger partial charge >= 0.3 is 6.18 Å². The van der Waals surface area contributed by atoms with E-state index in [9.17, 15) is 18.0 Å². The summed E-state index contributed by atoms with van der Waals surface area (Å²) in [6.07, 6.45) is -5.30. The van der Waals surface area contributed by atoms with Gasteiger partial charge in [-0.3, -0.25) is 4.79 Å². The summed E-state index contributed by atoms with van der Waals surface area (Å²) in [5.74, 6) is -0.501. The van der Waals surface area contributed by atoms with Gasteiger partial charge in [-0.05, 0) is 6.92 Å². The molecule has 0 unspecified atom stereocenters. The van der Waals surface area contributed by atoms with Crippen LogP contribution in [0.3, 0.4) is 0 Å². The summed E-state index contributed by atoms with van der Waals surface area (Å²) in [7, 11) is 1.35. The van der Waals surface area contributed by atoms with Crippen LogP contribution in [0.5, 0.6) is 0 Å². The number of carbonyl (C=O) groups excluding carboxylic acids is 1. The first kappa shape index (κ1) is 16.5. The van der Waals surface area contributed by atoms with Crippen molar-refractivity contribution >= 4 is 17.2 Å². The maximum absolute atomic E-state index is 12.2. The van der Waals surface area contributed by atoms with Crippen LogP contribution in [0.4, 0.5) is 13.2 Å². The zero-order valence-corrected chi connectivity index (χ0v) is 13.0. The molecule has 22 heavy (non-hydrogen) atoms. The summed E-state index contributed by atoms with van der Waals surface area (Å²) in [5, 5.41) is 2.24. The minimum atomic E-state index is -4.27. The number of hydrogen-bond acceptors (Lipinski definition) is 3. The number of benzene rings is 1. The van der Waals surface area contributed by atoms with Crippen LogP contribution in [-0.4, -0.2) is 35.6 Å². The minimum absolute atomic E-state index is 0.172. The van der Waals surface area contributed by atoms with E-state index >= 15 is 0 Å². The zero-order valence-electron chi connectivity index (χ0n) is 12.1. The largest absolute Gasteiger partial charge is 0.390 e. The predicted molar refractivity (Wildman–Crippen MR) is 79.9 cm³/mol. The highest BCUT2D eigenvalue weighted by molar-refractivity contribution is 7.13. The van der Waals surface area contributed by atoms with Gasteiger partial charge in [0.1, 0.15) is 10.7 Å². The fraction of sp³-hybridized carbons (Fsp3) is 0.333. The van der Waals surface area contributed by atoms with Crippen LogP contribution in [0.25, 0.3) is 10.6 Å². The van der Waals surface area contributed by atoms with Gasteiger partial charge in [0.15, 0.2) is 0 Å². The van der Waals surface area contributed by atoms with E-state index in [-0.39, 0.29) is 12.2 Å². The number of carbonyl (C=O) groups is 1. The van der Waals surface area contributed by atoms with Crippen molar-refractivity contribution in [2.24, 2.45) is 0 Å². The second-order valence-electron chi connectivity index (χ2n) is 5.00. The van der Waals surface area contributed by atoms with Crippen molar-refractivity contribution in [1.29, 1.82) is 0 Å². The van der Waals surface area contributed by atoms with Gasteiger partial charge in [0, 0.05) is 24.5 Å². The second kappa shape index (κ2) is 6.48. The van der Waals surface area contributed by atoms with Crippen molar-refractivity contribution < 1.29 is 18.0 Å². The fourth-order valence-corrected chi connectivity index (χ4v) is 2.59. The highest BCUT2D eigenvalue weighted by Crippen LogP contribution is 2.25. The lowest BCUT2D eigenvalue weighted by Gasteiger charge is -2.16. The number of hydrogen-bond donors (Lipinski definition) is 0. The lowest BCUT2D eigenvalue weighted by molar-refractivity contribution is -0.136. The number of alkyl halides is 3. The molecule has 0 radical (unpaired) electrons. The molecule has 0 spiro atoms. The molecule has 0 atom stereocenters. The van der Waals surface area contributed by atoms with Crippen LogP contribution in [0.15, 0.2) is 29.6 Å². The summed E-state index contributed by atoms with van der Waals surface area (Å²) < 4.78 is 36.6. The van der Waals surface area contributed by atoms with Crippen LogP contribution >= 0.6 is 11.3 Å². The molecule has 0 saturated heterocycles. The molecule has 7 heteroatoms. The van der Waals surface area contributed by atoms with Crippen LogP contribution in [0.1, 0.15) is 22.5 Å². The number of aromatic nitrogens is 1. The third-order valence-corrected chi connectivity index (χ3v) is 3.99. The molecule has 0 aliphatic carbocycles. The molecule has 1 amide bonds. The molecular weight excluding hydrogens is 313 g/mol. The van der Waals surface area contributed by atoms with Gasteiger partial charge in [0.05, 0.1) is 6.42 Å². The van der Waals surface area contributed by atoms with E-state index in [2.05, 4.69) is 4.98 Å². The SMILES string of the molecule is Cc1ccc(-c2nc(C(=O)N(C)CCC(F)(F)F)cs2)cc1. The molecule has 1 heterocycles. The predicted octanol–water partition coefficient (Wildman–Crippen LogP) is 4.14. The molecule has 0 N–H and O–H groups in total. The molecule has 2 rings (SSSR count). The normalized spacial score (nSPS) is 11.5. The monoisotopic (exact) mass is 328 g/mol. The van der Waals surface area contributed by atoms with E-state index in [4.69, 9.17) is 0 Å². The van der Waals surface area contributed by atoms with Crippen molar-refractivity contribution in [3.05, 3.63) is 40.9 Å². The molecule has 0 saturated carbocycles. The first-order valence-corrected chi connectivity index (χ1v) is 7.49. The lowest BCUT2D eigenvalue weighted by atomic mass is 10.2. The number of aryl methyl sites for hydroxylation is 1. The summed E-state index contributed by atoms with van der Waals surface area (Å²) in [6.45, 7) is 1.59. The van der Waals surface area contributed by atoms with E-state index in [1.54, 1.807) is 5.38 Å².